The highest BCUT2D eigenvalue weighted by molar-refractivity contribution is 5.92. The molecule has 2 aromatic carbocycles. The second kappa shape index (κ2) is 15.6. The smallest absolute Gasteiger partial charge is 0.354 e. The highest BCUT2D eigenvalue weighted by Gasteiger charge is 2.27. The summed E-state index contributed by atoms with van der Waals surface area (Å²) >= 11 is 0. The Morgan fingerprint density at radius 3 is 1.77 bits per heavy atom. The molecule has 4 N–H and O–H groups in total. The predicted octanol–water partition coefficient (Wildman–Crippen LogP) is 5.56. The average molecular weight is 737 g/mol. The third-order valence-electron chi connectivity index (χ3n) is 8.65. The molecule has 4 aromatic heterocycles. The fraction of sp³-hybridized carbons (Fsp3) is 0.294. The van der Waals surface area contributed by atoms with Gasteiger partial charge < -0.3 is 25.2 Å². The summed E-state index contributed by atoms with van der Waals surface area (Å²) < 4.78 is 62.5. The van der Waals surface area contributed by atoms with E-state index < -0.39 is 30.5 Å². The summed E-state index contributed by atoms with van der Waals surface area (Å²) in [5, 5.41) is 25.6. The van der Waals surface area contributed by atoms with E-state index in [0.29, 0.717) is 16.8 Å². The molecule has 19 heteroatoms. The number of carbonyl (C=O) groups is 2. The molecular weight excluding hydrogens is 704 g/mol. The average Bonchev–Trinajstić information content (AvgIpc) is 3.98. The maximum atomic E-state index is 12.6. The number of aryl methyl sites for hydroxylation is 4. The van der Waals surface area contributed by atoms with Crippen molar-refractivity contribution in [3.05, 3.63) is 106 Å². The van der Waals surface area contributed by atoms with Crippen molar-refractivity contribution in [3.63, 3.8) is 0 Å². The van der Waals surface area contributed by atoms with Crippen LogP contribution in [0.3, 0.4) is 0 Å². The quantitative estimate of drug-likeness (QED) is 0.172. The van der Waals surface area contributed by atoms with Crippen LogP contribution in [0.25, 0.3) is 22.9 Å². The number of carboxylic acids is 1. The number of nitrogens with one attached hydrogen (secondary N) is 1. The third kappa shape index (κ3) is 8.14. The number of nitrogens with zero attached hydrogens (tertiary/aromatic N) is 8. The summed E-state index contributed by atoms with van der Waals surface area (Å²) in [6, 6.07) is 14.0. The maximum absolute atomic E-state index is 12.6. The lowest BCUT2D eigenvalue weighted by molar-refractivity contribution is 0.0684. The zero-order valence-electron chi connectivity index (χ0n) is 28.2. The van der Waals surface area contributed by atoms with E-state index >= 15 is 0 Å². The van der Waals surface area contributed by atoms with Crippen LogP contribution < -0.4 is 11.1 Å². The lowest BCUT2D eigenvalue weighted by atomic mass is 10.0. The van der Waals surface area contributed by atoms with Crippen LogP contribution in [0.4, 0.5) is 17.6 Å². The van der Waals surface area contributed by atoms with Gasteiger partial charge in [0.1, 0.15) is 11.4 Å². The van der Waals surface area contributed by atoms with Crippen LogP contribution in [0.15, 0.2) is 70.0 Å². The highest BCUT2D eigenvalue weighted by Crippen LogP contribution is 2.35. The SMILES string of the molecule is Cn1nccc1C(=O)N[C@@H]1CCc2cc(-c3nc(C(F)F)no3)ccc21.Cn1nccc1C(=O)O.N[C@@H]1CCc2cc(-c3nc(C(F)F)no3)ccc21. The van der Waals surface area contributed by atoms with Crippen molar-refractivity contribution < 1.29 is 41.3 Å². The van der Waals surface area contributed by atoms with Crippen molar-refractivity contribution in [2.75, 3.05) is 0 Å². The molecule has 0 saturated heterocycles. The molecule has 8 rings (SSSR count). The Hall–Kier alpha value is -6.24. The Labute approximate surface area is 297 Å². The first-order chi connectivity index (χ1) is 25.4. The first kappa shape index (κ1) is 36.5. The second-order valence-corrected chi connectivity index (χ2v) is 12.0. The summed E-state index contributed by atoms with van der Waals surface area (Å²) in [7, 11) is 3.30. The number of aromatic carboxylic acids is 1. The summed E-state index contributed by atoms with van der Waals surface area (Å²) in [6.07, 6.45) is 0.846. The summed E-state index contributed by atoms with van der Waals surface area (Å²) in [6.45, 7) is 0. The second-order valence-electron chi connectivity index (χ2n) is 12.0. The molecule has 6 aromatic rings. The molecule has 15 nitrogen and oxygen atoms in total. The van der Waals surface area contributed by atoms with Gasteiger partial charge in [0.15, 0.2) is 0 Å². The Morgan fingerprint density at radius 2 is 1.30 bits per heavy atom. The minimum absolute atomic E-state index is 0.0606. The molecule has 4 heterocycles. The van der Waals surface area contributed by atoms with Gasteiger partial charge in [0.25, 0.3) is 17.7 Å². The summed E-state index contributed by atoms with van der Waals surface area (Å²) in [4.78, 5) is 30.0. The molecule has 2 aliphatic carbocycles. The first-order valence-electron chi connectivity index (χ1n) is 16.1. The maximum Gasteiger partial charge on any atom is 0.354 e. The fourth-order valence-electron chi connectivity index (χ4n) is 5.98. The minimum atomic E-state index is -2.77. The number of carbonyl (C=O) groups excluding carboxylic acids is 1. The molecule has 0 unspecified atom stereocenters. The molecule has 1 amide bonds. The van der Waals surface area contributed by atoms with E-state index in [1.165, 1.54) is 21.6 Å². The molecule has 53 heavy (non-hydrogen) atoms. The lowest BCUT2D eigenvalue weighted by Gasteiger charge is -2.14. The number of fused-ring (bicyclic) bond motifs is 2. The van der Waals surface area contributed by atoms with Crippen molar-refractivity contribution in [3.8, 4) is 22.9 Å². The number of nitrogens with two attached hydrogens (primary N) is 1. The van der Waals surface area contributed by atoms with E-state index in [4.69, 9.17) is 19.9 Å². The van der Waals surface area contributed by atoms with Crippen LogP contribution in [0.5, 0.6) is 0 Å². The molecule has 2 aliphatic rings. The van der Waals surface area contributed by atoms with E-state index in [1.807, 2.05) is 24.3 Å². The Morgan fingerprint density at radius 1 is 0.792 bits per heavy atom. The number of amides is 1. The number of aromatic nitrogens is 8. The van der Waals surface area contributed by atoms with E-state index in [-0.39, 0.29) is 35.5 Å². The van der Waals surface area contributed by atoms with E-state index in [9.17, 15) is 27.2 Å². The number of carboxylic acid groups (broad SMARTS) is 1. The van der Waals surface area contributed by atoms with Crippen molar-refractivity contribution in [1.29, 1.82) is 0 Å². The highest BCUT2D eigenvalue weighted by atomic mass is 19.3. The molecule has 0 radical (unpaired) electrons. The van der Waals surface area contributed by atoms with Crippen LogP contribution in [-0.4, -0.2) is 56.8 Å². The largest absolute Gasteiger partial charge is 0.477 e. The summed E-state index contributed by atoms with van der Waals surface area (Å²) in [5.41, 5.74) is 12.1. The van der Waals surface area contributed by atoms with Crippen LogP contribution >= 0.6 is 0 Å². The minimum Gasteiger partial charge on any atom is -0.477 e. The Bertz CT molecular complexity index is 2230. The van der Waals surface area contributed by atoms with Crippen molar-refractivity contribution in [1.82, 2.24) is 45.2 Å². The van der Waals surface area contributed by atoms with Gasteiger partial charge >= 0.3 is 18.8 Å². The number of rotatable bonds is 7. The zero-order valence-corrected chi connectivity index (χ0v) is 28.2. The summed E-state index contributed by atoms with van der Waals surface area (Å²) in [5.74, 6) is -2.16. The Kier molecular flexibility index (Phi) is 10.7. The Balaban J connectivity index is 0.000000153. The number of hydrogen-bond acceptors (Lipinski definition) is 11. The first-order valence-corrected chi connectivity index (χ1v) is 16.1. The number of alkyl halides is 4. The van der Waals surface area contributed by atoms with E-state index in [2.05, 4.69) is 35.8 Å². The lowest BCUT2D eigenvalue weighted by Crippen LogP contribution is -2.28. The van der Waals surface area contributed by atoms with Gasteiger partial charge in [-0.2, -0.15) is 20.2 Å². The number of hydrogen-bond donors (Lipinski definition) is 3. The van der Waals surface area contributed by atoms with Crippen LogP contribution in [-0.2, 0) is 26.9 Å². The molecule has 0 aliphatic heterocycles. The third-order valence-corrected chi connectivity index (χ3v) is 8.65. The molecule has 0 bridgehead atoms. The fourth-order valence-corrected chi connectivity index (χ4v) is 5.98. The van der Waals surface area contributed by atoms with Gasteiger partial charge in [-0.1, -0.05) is 22.4 Å². The molecule has 0 saturated carbocycles. The van der Waals surface area contributed by atoms with Gasteiger partial charge in [-0.15, -0.1) is 0 Å². The zero-order chi connectivity index (χ0) is 37.8. The standard InChI is InChI=1S/C17H15F2N5O2.C12H11F2N3O.C5H6N2O2/c1-24-13(6-7-20-24)16(25)21-12-5-3-9-8-10(2-4-11(9)12)17-22-15(14(18)19)23-26-17;13-10(14)11-16-12(18-17-11)7-1-3-8-6(5-7)2-4-9(8)15;1-7-4(5(8)9)2-3-6-7/h2,4,6-8,12,14H,3,5H2,1H3,(H,21,25);1,3,5,9-10H,2,4,15H2;2-3H,1H3,(H,8,9)/t12-;9-;/m11./s1. The van der Waals surface area contributed by atoms with Crippen molar-refractivity contribution in [2.24, 2.45) is 19.8 Å². The van der Waals surface area contributed by atoms with Gasteiger partial charge in [-0.25, -0.2) is 22.4 Å². The van der Waals surface area contributed by atoms with Gasteiger partial charge in [-0.3, -0.25) is 14.2 Å². The molecule has 0 spiro atoms. The van der Waals surface area contributed by atoms with Crippen LogP contribution in [0, 0.1) is 0 Å². The van der Waals surface area contributed by atoms with Gasteiger partial charge in [0.2, 0.25) is 11.6 Å². The monoisotopic (exact) mass is 736 g/mol. The van der Waals surface area contributed by atoms with Gasteiger partial charge in [-0.05, 0) is 84.3 Å². The number of benzene rings is 2. The molecule has 2 atom stereocenters. The van der Waals surface area contributed by atoms with Crippen molar-refractivity contribution >= 4 is 11.9 Å². The van der Waals surface area contributed by atoms with Crippen molar-refractivity contribution in [2.45, 2.75) is 50.6 Å². The molecular formula is C34H32F4N10O5. The van der Waals surface area contributed by atoms with E-state index in [0.717, 1.165) is 47.9 Å². The normalized spacial score (nSPS) is 15.7. The molecule has 276 valence electrons. The number of halogens is 4. The van der Waals surface area contributed by atoms with E-state index in [1.54, 1.807) is 38.5 Å². The predicted molar refractivity (Wildman–Crippen MR) is 177 cm³/mol. The van der Waals surface area contributed by atoms with Gasteiger partial charge in [0, 0.05) is 43.7 Å². The topological polar surface area (TPSA) is 206 Å². The molecule has 0 fully saturated rings. The van der Waals surface area contributed by atoms with Crippen LogP contribution in [0.1, 0.15) is 92.7 Å². The van der Waals surface area contributed by atoms with Gasteiger partial charge in [0.05, 0.1) is 6.04 Å². The van der Waals surface area contributed by atoms with Crippen LogP contribution in [0.2, 0.25) is 0 Å².